The highest BCUT2D eigenvalue weighted by Gasteiger charge is 2.47. The van der Waals surface area contributed by atoms with Crippen LogP contribution in [0.2, 0.25) is 0 Å². The van der Waals surface area contributed by atoms with E-state index in [0.29, 0.717) is 25.2 Å². The fraction of sp³-hybridized carbons (Fsp3) is 0.464. The first kappa shape index (κ1) is 23.4. The van der Waals surface area contributed by atoms with Gasteiger partial charge in [-0.3, -0.25) is 4.79 Å². The minimum absolute atomic E-state index is 0.0369. The fourth-order valence-corrected chi connectivity index (χ4v) is 5.68. The Labute approximate surface area is 205 Å². The molecule has 3 atom stereocenters. The number of nitrogens with one attached hydrogen (secondary N) is 2. The van der Waals surface area contributed by atoms with Crippen LogP contribution in [0.4, 0.5) is 4.79 Å². The highest BCUT2D eigenvalue weighted by atomic mass is 16.5. The van der Waals surface area contributed by atoms with Gasteiger partial charge in [0.05, 0.1) is 5.41 Å². The lowest BCUT2D eigenvalue weighted by Gasteiger charge is -2.32. The third-order valence-electron chi connectivity index (χ3n) is 7.98. The lowest BCUT2D eigenvalue weighted by atomic mass is 9.83. The van der Waals surface area contributed by atoms with Crippen LogP contribution in [0.25, 0.3) is 11.1 Å². The Morgan fingerprint density at radius 1 is 1.03 bits per heavy atom. The van der Waals surface area contributed by atoms with Crippen LogP contribution < -0.4 is 10.6 Å². The zero-order valence-electron chi connectivity index (χ0n) is 20.0. The molecule has 2 amide bonds. The quantitative estimate of drug-likeness (QED) is 0.522. The second-order valence-electron chi connectivity index (χ2n) is 10.4. The van der Waals surface area contributed by atoms with E-state index >= 15 is 0 Å². The van der Waals surface area contributed by atoms with Crippen LogP contribution in [0.1, 0.15) is 62.5 Å². The van der Waals surface area contributed by atoms with Gasteiger partial charge >= 0.3 is 12.1 Å². The molecular weight excluding hydrogens is 444 g/mol. The monoisotopic (exact) mass is 476 g/mol. The first-order valence-electron chi connectivity index (χ1n) is 12.5. The van der Waals surface area contributed by atoms with Crippen molar-refractivity contribution in [3.63, 3.8) is 0 Å². The Balaban J connectivity index is 1.22. The van der Waals surface area contributed by atoms with Crippen molar-refractivity contribution in [1.82, 2.24) is 10.6 Å². The Kier molecular flexibility index (Phi) is 6.26. The van der Waals surface area contributed by atoms with Crippen LogP contribution in [0, 0.1) is 11.3 Å². The molecule has 2 aromatic rings. The SMILES string of the molecule is CC1(C(=O)NC(CC2CC2)C(=O)O)CCCC1NC(=O)OCC1c2ccccc2-c2ccccc21. The first-order chi connectivity index (χ1) is 16.9. The highest BCUT2D eigenvalue weighted by molar-refractivity contribution is 5.88. The van der Waals surface area contributed by atoms with Gasteiger partial charge in [-0.2, -0.15) is 0 Å². The van der Waals surface area contributed by atoms with Crippen molar-refractivity contribution in [2.45, 2.75) is 63.5 Å². The highest BCUT2D eigenvalue weighted by Crippen LogP contribution is 2.44. The van der Waals surface area contributed by atoms with E-state index in [-0.39, 0.29) is 18.4 Å². The number of carboxylic acid groups (broad SMARTS) is 1. The molecule has 0 heterocycles. The fourth-order valence-electron chi connectivity index (χ4n) is 5.68. The van der Waals surface area contributed by atoms with E-state index in [9.17, 15) is 19.5 Å². The Morgan fingerprint density at radius 3 is 2.26 bits per heavy atom. The van der Waals surface area contributed by atoms with Crippen LogP contribution >= 0.6 is 0 Å². The molecule has 0 aromatic heterocycles. The van der Waals surface area contributed by atoms with Gasteiger partial charge in [0.25, 0.3) is 0 Å². The topological polar surface area (TPSA) is 105 Å². The van der Waals surface area contributed by atoms with Gasteiger partial charge in [0.2, 0.25) is 5.91 Å². The van der Waals surface area contributed by atoms with Crippen LogP contribution in [-0.2, 0) is 14.3 Å². The van der Waals surface area contributed by atoms with Crippen LogP contribution in [0.3, 0.4) is 0 Å². The number of fused-ring (bicyclic) bond motifs is 3. The summed E-state index contributed by atoms with van der Waals surface area (Å²) in [5.74, 6) is -0.979. The molecule has 3 unspecified atom stereocenters. The lowest BCUT2D eigenvalue weighted by molar-refractivity contribution is -0.144. The molecule has 3 aliphatic rings. The molecule has 35 heavy (non-hydrogen) atoms. The molecule has 0 radical (unpaired) electrons. The summed E-state index contributed by atoms with van der Waals surface area (Å²) in [6.07, 6.45) is 3.95. The number of aliphatic carboxylic acids is 1. The number of hydrogen-bond donors (Lipinski definition) is 3. The molecule has 2 aromatic carbocycles. The van der Waals surface area contributed by atoms with Crippen molar-refractivity contribution in [2.24, 2.45) is 11.3 Å². The van der Waals surface area contributed by atoms with Crippen molar-refractivity contribution >= 4 is 18.0 Å². The summed E-state index contributed by atoms with van der Waals surface area (Å²) >= 11 is 0. The van der Waals surface area contributed by atoms with Crippen molar-refractivity contribution in [3.05, 3.63) is 59.7 Å². The average Bonchev–Trinajstić information content (AvgIpc) is 3.51. The number of alkyl carbamates (subject to hydrolysis) is 1. The normalized spacial score (nSPS) is 23.7. The number of benzene rings is 2. The van der Waals surface area contributed by atoms with E-state index in [1.165, 1.54) is 0 Å². The zero-order chi connectivity index (χ0) is 24.6. The molecule has 7 nitrogen and oxygen atoms in total. The van der Waals surface area contributed by atoms with E-state index in [0.717, 1.165) is 41.5 Å². The molecule has 3 aliphatic carbocycles. The lowest BCUT2D eigenvalue weighted by Crippen LogP contribution is -2.54. The molecule has 7 heteroatoms. The van der Waals surface area contributed by atoms with Gasteiger partial charge in [0, 0.05) is 12.0 Å². The van der Waals surface area contributed by atoms with Gasteiger partial charge in [0.15, 0.2) is 0 Å². The summed E-state index contributed by atoms with van der Waals surface area (Å²) < 4.78 is 5.68. The van der Waals surface area contributed by atoms with Crippen molar-refractivity contribution < 1.29 is 24.2 Å². The molecule has 0 saturated heterocycles. The average molecular weight is 477 g/mol. The Hall–Kier alpha value is -3.35. The van der Waals surface area contributed by atoms with Crippen LogP contribution in [-0.4, -0.2) is 41.8 Å². The van der Waals surface area contributed by atoms with E-state index in [4.69, 9.17) is 4.74 Å². The predicted molar refractivity (Wildman–Crippen MR) is 131 cm³/mol. The van der Waals surface area contributed by atoms with E-state index in [2.05, 4.69) is 34.9 Å². The largest absolute Gasteiger partial charge is 0.480 e. The van der Waals surface area contributed by atoms with Gasteiger partial charge in [-0.15, -0.1) is 0 Å². The van der Waals surface area contributed by atoms with Crippen molar-refractivity contribution in [3.8, 4) is 11.1 Å². The number of hydrogen-bond acceptors (Lipinski definition) is 4. The molecule has 3 N–H and O–H groups in total. The summed E-state index contributed by atoms with van der Waals surface area (Å²) in [5, 5.41) is 15.2. The number of rotatable bonds is 8. The Bertz CT molecular complexity index is 1100. The standard InChI is InChI=1S/C28H32N2O5/c1-28(26(33)29-23(25(31)32)15-17-12-13-17)14-6-11-24(28)30-27(34)35-16-22-20-9-4-2-7-18(20)19-8-3-5-10-21(19)22/h2-5,7-10,17,22-24H,6,11-16H2,1H3,(H,29,33)(H,30,34)(H,31,32). The molecule has 2 fully saturated rings. The second-order valence-corrected chi connectivity index (χ2v) is 10.4. The third-order valence-corrected chi connectivity index (χ3v) is 7.98. The Morgan fingerprint density at radius 2 is 1.66 bits per heavy atom. The van der Waals surface area contributed by atoms with Gasteiger partial charge in [-0.25, -0.2) is 9.59 Å². The van der Waals surface area contributed by atoms with E-state index in [1.807, 2.05) is 24.3 Å². The number of carboxylic acids is 1. The van der Waals surface area contributed by atoms with Gasteiger partial charge in [-0.1, -0.05) is 67.8 Å². The van der Waals surface area contributed by atoms with E-state index in [1.54, 1.807) is 6.92 Å². The van der Waals surface area contributed by atoms with Gasteiger partial charge < -0.3 is 20.5 Å². The first-order valence-corrected chi connectivity index (χ1v) is 12.5. The maximum absolute atomic E-state index is 13.2. The number of amides is 2. The number of ether oxygens (including phenoxy) is 1. The summed E-state index contributed by atoms with van der Waals surface area (Å²) in [7, 11) is 0. The minimum atomic E-state index is -1.01. The number of carbonyl (C=O) groups is 3. The van der Waals surface area contributed by atoms with E-state index < -0.39 is 29.6 Å². The molecule has 5 rings (SSSR count). The summed E-state index contributed by atoms with van der Waals surface area (Å²) in [4.78, 5) is 37.6. The third kappa shape index (κ3) is 4.64. The van der Waals surface area contributed by atoms with Gasteiger partial charge in [-0.05, 0) is 54.4 Å². The molecule has 0 spiro atoms. The van der Waals surface area contributed by atoms with Gasteiger partial charge in [0.1, 0.15) is 12.6 Å². The second kappa shape index (κ2) is 9.36. The number of carbonyl (C=O) groups excluding carboxylic acids is 2. The predicted octanol–water partition coefficient (Wildman–Crippen LogP) is 4.45. The van der Waals surface area contributed by atoms with Crippen LogP contribution in [0.5, 0.6) is 0 Å². The van der Waals surface area contributed by atoms with Crippen molar-refractivity contribution in [1.29, 1.82) is 0 Å². The maximum atomic E-state index is 13.2. The van der Waals surface area contributed by atoms with Crippen molar-refractivity contribution in [2.75, 3.05) is 6.61 Å². The summed E-state index contributed by atoms with van der Waals surface area (Å²) in [6.45, 7) is 2.01. The smallest absolute Gasteiger partial charge is 0.407 e. The minimum Gasteiger partial charge on any atom is -0.480 e. The molecular formula is C28H32N2O5. The molecule has 184 valence electrons. The maximum Gasteiger partial charge on any atom is 0.407 e. The molecule has 0 aliphatic heterocycles. The summed E-state index contributed by atoms with van der Waals surface area (Å²) in [6, 6.07) is 15.0. The zero-order valence-corrected chi connectivity index (χ0v) is 20.0. The molecule has 2 saturated carbocycles. The summed E-state index contributed by atoms with van der Waals surface area (Å²) in [5.41, 5.74) is 3.74. The van der Waals surface area contributed by atoms with Crippen LogP contribution in [0.15, 0.2) is 48.5 Å². The molecule has 0 bridgehead atoms.